The Hall–Kier alpha value is -1.91. The first-order valence-corrected chi connectivity index (χ1v) is 6.43. The van der Waals surface area contributed by atoms with Gasteiger partial charge in [-0.15, -0.1) is 0 Å². The molecule has 1 aromatic heterocycles. The number of nitrogens with zero attached hydrogens (tertiary/aromatic N) is 1. The molecule has 1 aromatic carbocycles. The van der Waals surface area contributed by atoms with E-state index in [1.54, 1.807) is 6.20 Å². The molecule has 0 aliphatic carbocycles. The fourth-order valence-corrected chi connectivity index (χ4v) is 2.55. The molecule has 2 heterocycles. The number of fused-ring (bicyclic) bond motifs is 1. The predicted molar refractivity (Wildman–Crippen MR) is 73.8 cm³/mol. The molecule has 0 bridgehead atoms. The number of ether oxygens (including phenoxy) is 1. The summed E-state index contributed by atoms with van der Waals surface area (Å²) in [5.74, 6) is 6.73. The largest absolute Gasteiger partial charge is 0.493 e. The van der Waals surface area contributed by atoms with E-state index >= 15 is 0 Å². The number of pyridine rings is 1. The highest BCUT2D eigenvalue weighted by atomic mass is 16.5. The summed E-state index contributed by atoms with van der Waals surface area (Å²) in [6, 6.07) is 10.2. The molecule has 0 amide bonds. The van der Waals surface area contributed by atoms with Crippen LogP contribution < -0.4 is 16.0 Å². The van der Waals surface area contributed by atoms with E-state index in [2.05, 4.69) is 28.6 Å². The van der Waals surface area contributed by atoms with Crippen molar-refractivity contribution in [2.24, 2.45) is 5.84 Å². The average molecular weight is 255 g/mol. The molecule has 1 aliphatic rings. The minimum Gasteiger partial charge on any atom is -0.493 e. The van der Waals surface area contributed by atoms with Crippen molar-refractivity contribution in [1.82, 2.24) is 10.4 Å². The first kappa shape index (κ1) is 12.1. The normalized spacial score (nSPS) is 14.8. The molecule has 4 nitrogen and oxygen atoms in total. The SMILES string of the molecule is Cc1ncccc1C(NN)c1ccc2c(c1)CCO2. The van der Waals surface area contributed by atoms with Gasteiger partial charge in [-0.25, -0.2) is 5.43 Å². The highest BCUT2D eigenvalue weighted by Crippen LogP contribution is 2.30. The summed E-state index contributed by atoms with van der Waals surface area (Å²) in [6.45, 7) is 2.77. The molecule has 4 heteroatoms. The molecule has 0 spiro atoms. The van der Waals surface area contributed by atoms with Crippen molar-refractivity contribution in [2.75, 3.05) is 6.61 Å². The summed E-state index contributed by atoms with van der Waals surface area (Å²) in [5, 5.41) is 0. The van der Waals surface area contributed by atoms with E-state index in [1.807, 2.05) is 19.1 Å². The quantitative estimate of drug-likeness (QED) is 0.649. The van der Waals surface area contributed by atoms with Crippen LogP contribution in [0.25, 0.3) is 0 Å². The zero-order chi connectivity index (χ0) is 13.2. The minimum atomic E-state index is -0.0420. The lowest BCUT2D eigenvalue weighted by molar-refractivity contribution is 0.357. The smallest absolute Gasteiger partial charge is 0.122 e. The first-order valence-electron chi connectivity index (χ1n) is 6.43. The van der Waals surface area contributed by atoms with Crippen LogP contribution in [0.1, 0.15) is 28.4 Å². The Morgan fingerprint density at radius 2 is 2.26 bits per heavy atom. The number of nitrogens with two attached hydrogens (primary N) is 1. The van der Waals surface area contributed by atoms with Gasteiger partial charge in [0.05, 0.1) is 12.6 Å². The maximum Gasteiger partial charge on any atom is 0.122 e. The second kappa shape index (κ2) is 4.99. The Bertz CT molecular complexity index is 598. The van der Waals surface area contributed by atoms with E-state index in [4.69, 9.17) is 10.6 Å². The van der Waals surface area contributed by atoms with Crippen LogP contribution in [0.15, 0.2) is 36.5 Å². The standard InChI is InChI=1S/C15H17N3O/c1-10-13(3-2-7-17-10)15(18-16)12-4-5-14-11(9-12)6-8-19-14/h2-5,7,9,15,18H,6,8,16H2,1H3. The number of hydrogen-bond donors (Lipinski definition) is 2. The van der Waals surface area contributed by atoms with Crippen LogP contribution in [0.3, 0.4) is 0 Å². The summed E-state index contributed by atoms with van der Waals surface area (Å²) in [5.41, 5.74) is 7.37. The second-order valence-electron chi connectivity index (χ2n) is 4.74. The van der Waals surface area contributed by atoms with Crippen LogP contribution in [0.5, 0.6) is 5.75 Å². The van der Waals surface area contributed by atoms with E-state index in [0.717, 1.165) is 35.6 Å². The summed E-state index contributed by atoms with van der Waals surface area (Å²) >= 11 is 0. The molecule has 0 fully saturated rings. The van der Waals surface area contributed by atoms with Gasteiger partial charge in [0, 0.05) is 18.3 Å². The lowest BCUT2D eigenvalue weighted by atomic mass is 9.96. The molecule has 1 atom stereocenters. The summed E-state index contributed by atoms with van der Waals surface area (Å²) < 4.78 is 5.53. The third-order valence-electron chi connectivity index (χ3n) is 3.57. The fourth-order valence-electron chi connectivity index (χ4n) is 2.55. The summed E-state index contributed by atoms with van der Waals surface area (Å²) in [6.07, 6.45) is 2.76. The van der Waals surface area contributed by atoms with Crippen molar-refractivity contribution in [3.63, 3.8) is 0 Å². The van der Waals surface area contributed by atoms with Gasteiger partial charge in [-0.1, -0.05) is 18.2 Å². The van der Waals surface area contributed by atoms with Gasteiger partial charge in [0.15, 0.2) is 0 Å². The molecular formula is C15H17N3O. The van der Waals surface area contributed by atoms with Gasteiger partial charge in [-0.3, -0.25) is 10.8 Å². The van der Waals surface area contributed by atoms with Crippen LogP contribution in [0.2, 0.25) is 0 Å². The Morgan fingerprint density at radius 1 is 1.37 bits per heavy atom. The molecule has 0 saturated heterocycles. The fraction of sp³-hybridized carbons (Fsp3) is 0.267. The minimum absolute atomic E-state index is 0.0420. The van der Waals surface area contributed by atoms with Gasteiger partial charge >= 0.3 is 0 Å². The van der Waals surface area contributed by atoms with Gasteiger partial charge in [0.1, 0.15) is 5.75 Å². The highest BCUT2D eigenvalue weighted by Gasteiger charge is 2.18. The van der Waals surface area contributed by atoms with Gasteiger partial charge in [0.2, 0.25) is 0 Å². The van der Waals surface area contributed by atoms with E-state index in [0.29, 0.717) is 0 Å². The predicted octanol–water partition coefficient (Wildman–Crippen LogP) is 1.88. The van der Waals surface area contributed by atoms with E-state index in [-0.39, 0.29) is 6.04 Å². The number of hydrazine groups is 1. The number of hydrogen-bond acceptors (Lipinski definition) is 4. The molecule has 3 N–H and O–H groups in total. The molecule has 3 rings (SSSR count). The molecule has 0 saturated carbocycles. The third kappa shape index (κ3) is 2.20. The first-order chi connectivity index (χ1) is 9.29. The van der Waals surface area contributed by atoms with Gasteiger partial charge in [-0.2, -0.15) is 0 Å². The van der Waals surface area contributed by atoms with Gasteiger partial charge in [-0.05, 0) is 35.7 Å². The van der Waals surface area contributed by atoms with E-state index < -0.39 is 0 Å². The van der Waals surface area contributed by atoms with Crippen molar-refractivity contribution in [3.05, 3.63) is 58.9 Å². The van der Waals surface area contributed by atoms with Gasteiger partial charge in [0.25, 0.3) is 0 Å². The lowest BCUT2D eigenvalue weighted by Gasteiger charge is -2.19. The van der Waals surface area contributed by atoms with Crippen LogP contribution in [0, 0.1) is 6.92 Å². The lowest BCUT2D eigenvalue weighted by Crippen LogP contribution is -2.29. The average Bonchev–Trinajstić information content (AvgIpc) is 2.89. The van der Waals surface area contributed by atoms with Crippen LogP contribution in [-0.2, 0) is 6.42 Å². The summed E-state index contributed by atoms with van der Waals surface area (Å²) in [4.78, 5) is 4.33. The Balaban J connectivity index is 2.01. The zero-order valence-corrected chi connectivity index (χ0v) is 10.9. The molecule has 1 unspecified atom stereocenters. The van der Waals surface area contributed by atoms with Crippen molar-refractivity contribution in [1.29, 1.82) is 0 Å². The molecule has 1 aliphatic heterocycles. The molecule has 2 aromatic rings. The molecular weight excluding hydrogens is 238 g/mol. The van der Waals surface area contributed by atoms with E-state index in [9.17, 15) is 0 Å². The van der Waals surface area contributed by atoms with Crippen molar-refractivity contribution in [3.8, 4) is 5.75 Å². The van der Waals surface area contributed by atoms with Crippen molar-refractivity contribution < 1.29 is 4.74 Å². The van der Waals surface area contributed by atoms with Crippen LogP contribution in [-0.4, -0.2) is 11.6 Å². The monoisotopic (exact) mass is 255 g/mol. The summed E-state index contributed by atoms with van der Waals surface area (Å²) in [7, 11) is 0. The maximum atomic E-state index is 5.74. The number of aryl methyl sites for hydroxylation is 1. The topological polar surface area (TPSA) is 60.2 Å². The van der Waals surface area contributed by atoms with Crippen LogP contribution >= 0.6 is 0 Å². The zero-order valence-electron chi connectivity index (χ0n) is 10.9. The third-order valence-corrected chi connectivity index (χ3v) is 3.57. The molecule has 0 radical (unpaired) electrons. The molecule has 19 heavy (non-hydrogen) atoms. The Morgan fingerprint density at radius 3 is 3.05 bits per heavy atom. The van der Waals surface area contributed by atoms with Gasteiger partial charge < -0.3 is 4.74 Å². The Labute approximate surface area is 112 Å². The molecule has 98 valence electrons. The van der Waals surface area contributed by atoms with E-state index in [1.165, 1.54) is 5.56 Å². The number of aromatic nitrogens is 1. The Kier molecular flexibility index (Phi) is 3.19. The second-order valence-corrected chi connectivity index (χ2v) is 4.74. The maximum absolute atomic E-state index is 5.74. The number of rotatable bonds is 3. The van der Waals surface area contributed by atoms with Crippen LogP contribution in [0.4, 0.5) is 0 Å². The van der Waals surface area contributed by atoms with Crippen molar-refractivity contribution in [2.45, 2.75) is 19.4 Å². The highest BCUT2D eigenvalue weighted by molar-refractivity contribution is 5.43. The number of nitrogens with one attached hydrogen (secondary N) is 1. The number of benzene rings is 1. The van der Waals surface area contributed by atoms with Crippen molar-refractivity contribution >= 4 is 0 Å².